The Morgan fingerprint density at radius 1 is 0.933 bits per heavy atom. The van der Waals surface area contributed by atoms with Crippen LogP contribution in [0, 0.1) is 12.8 Å². The van der Waals surface area contributed by atoms with Crippen LogP contribution in [0.3, 0.4) is 0 Å². The molecule has 2 aromatic carbocycles. The molecule has 1 atom stereocenters. The Bertz CT molecular complexity index is 810. The lowest BCUT2D eigenvalue weighted by atomic mass is 9.96. The molecule has 0 bridgehead atoms. The Labute approximate surface area is 171 Å². The van der Waals surface area contributed by atoms with Crippen molar-refractivity contribution < 1.29 is 26.3 Å². The topological polar surface area (TPSA) is 15.3 Å². The van der Waals surface area contributed by atoms with Gasteiger partial charge in [-0.25, -0.2) is 0 Å². The summed E-state index contributed by atoms with van der Waals surface area (Å²) in [7, 11) is 0. The van der Waals surface area contributed by atoms with E-state index in [-0.39, 0.29) is 24.1 Å². The highest BCUT2D eigenvalue weighted by Gasteiger charge is 2.37. The van der Waals surface area contributed by atoms with Crippen LogP contribution in [0.1, 0.15) is 35.1 Å². The smallest absolute Gasteiger partial charge is 0.385 e. The van der Waals surface area contributed by atoms with E-state index in [0.717, 1.165) is 36.2 Å². The lowest BCUT2D eigenvalue weighted by molar-refractivity contribution is -0.143. The zero-order valence-electron chi connectivity index (χ0n) is 16.6. The molecular weight excluding hydrogens is 406 g/mol. The minimum Gasteiger partial charge on any atom is -0.385 e. The molecule has 1 fully saturated rings. The van der Waals surface area contributed by atoms with Gasteiger partial charge in [-0.15, -0.1) is 0 Å². The van der Waals surface area contributed by atoms with Crippen molar-refractivity contribution in [3.8, 4) is 0 Å². The van der Waals surface area contributed by atoms with E-state index < -0.39 is 23.5 Å². The van der Waals surface area contributed by atoms with E-state index in [2.05, 4.69) is 5.32 Å². The van der Waals surface area contributed by atoms with Crippen LogP contribution in [0.4, 0.5) is 32.0 Å². The van der Waals surface area contributed by atoms with Crippen LogP contribution in [0.25, 0.3) is 0 Å². The Morgan fingerprint density at radius 3 is 2.10 bits per heavy atom. The van der Waals surface area contributed by atoms with Gasteiger partial charge in [0.05, 0.1) is 11.1 Å². The molecule has 1 saturated heterocycles. The highest BCUT2D eigenvalue weighted by atomic mass is 19.4. The van der Waals surface area contributed by atoms with Crippen LogP contribution >= 0.6 is 0 Å². The maximum absolute atomic E-state index is 13.1. The molecule has 1 N–H and O–H groups in total. The largest absolute Gasteiger partial charge is 0.416 e. The van der Waals surface area contributed by atoms with Gasteiger partial charge in [-0.3, -0.25) is 4.90 Å². The van der Waals surface area contributed by atoms with Crippen LogP contribution in [0.5, 0.6) is 0 Å². The molecule has 8 heteroatoms. The van der Waals surface area contributed by atoms with Crippen molar-refractivity contribution in [2.75, 3.05) is 25.0 Å². The van der Waals surface area contributed by atoms with Gasteiger partial charge in [0.1, 0.15) is 0 Å². The molecule has 164 valence electrons. The average molecular weight is 430 g/mol. The minimum absolute atomic E-state index is 0.0318. The maximum Gasteiger partial charge on any atom is 0.416 e. The fraction of sp³-hybridized carbons (Fsp3) is 0.455. The molecule has 30 heavy (non-hydrogen) atoms. The van der Waals surface area contributed by atoms with Crippen molar-refractivity contribution in [1.82, 2.24) is 4.90 Å². The number of piperidine rings is 1. The highest BCUT2D eigenvalue weighted by Crippen LogP contribution is 2.36. The third kappa shape index (κ3) is 6.14. The summed E-state index contributed by atoms with van der Waals surface area (Å²) in [5.74, 6) is 0.271. The molecule has 2 nitrogen and oxygen atoms in total. The summed E-state index contributed by atoms with van der Waals surface area (Å²) in [5.41, 5.74) is -0.345. The molecule has 0 aliphatic carbocycles. The zero-order chi connectivity index (χ0) is 21.9. The second kappa shape index (κ2) is 8.88. The number of likely N-dealkylation sites (tertiary alicyclic amines) is 1. The molecule has 0 aromatic heterocycles. The van der Waals surface area contributed by atoms with E-state index in [1.807, 2.05) is 36.1 Å². The predicted molar refractivity (Wildman–Crippen MR) is 104 cm³/mol. The van der Waals surface area contributed by atoms with E-state index in [4.69, 9.17) is 0 Å². The van der Waals surface area contributed by atoms with Gasteiger partial charge in [-0.1, -0.05) is 17.7 Å². The number of benzene rings is 2. The lowest BCUT2D eigenvalue weighted by Gasteiger charge is -2.33. The first kappa shape index (κ1) is 22.5. The van der Waals surface area contributed by atoms with E-state index in [0.29, 0.717) is 19.6 Å². The van der Waals surface area contributed by atoms with E-state index >= 15 is 0 Å². The lowest BCUT2D eigenvalue weighted by Crippen LogP contribution is -2.37. The van der Waals surface area contributed by atoms with Gasteiger partial charge in [0.25, 0.3) is 0 Å². The van der Waals surface area contributed by atoms with E-state index in [9.17, 15) is 26.3 Å². The highest BCUT2D eigenvalue weighted by molar-refractivity contribution is 5.44. The van der Waals surface area contributed by atoms with Crippen LogP contribution in [-0.4, -0.2) is 24.5 Å². The Balaban J connectivity index is 1.67. The van der Waals surface area contributed by atoms with Gasteiger partial charge >= 0.3 is 12.4 Å². The second-order valence-electron chi connectivity index (χ2n) is 7.90. The summed E-state index contributed by atoms with van der Waals surface area (Å²) in [6.45, 7) is 4.04. The van der Waals surface area contributed by atoms with Crippen molar-refractivity contribution in [2.45, 2.75) is 38.7 Å². The van der Waals surface area contributed by atoms with Crippen molar-refractivity contribution in [2.24, 2.45) is 5.92 Å². The van der Waals surface area contributed by atoms with Gasteiger partial charge in [0.15, 0.2) is 0 Å². The molecule has 1 heterocycles. The number of nitrogens with zero attached hydrogens (tertiary/aromatic N) is 1. The van der Waals surface area contributed by atoms with Crippen LogP contribution in [0.2, 0.25) is 0 Å². The molecule has 0 amide bonds. The van der Waals surface area contributed by atoms with Crippen LogP contribution in [0.15, 0.2) is 42.5 Å². The Morgan fingerprint density at radius 2 is 1.53 bits per heavy atom. The molecule has 0 spiro atoms. The third-order valence-electron chi connectivity index (χ3n) is 5.30. The number of aryl methyl sites for hydroxylation is 1. The maximum atomic E-state index is 13.1. The summed E-state index contributed by atoms with van der Waals surface area (Å²) in [4.78, 5) is 1.93. The number of hydrogen-bond donors (Lipinski definition) is 1. The fourth-order valence-electron chi connectivity index (χ4n) is 3.76. The summed E-state index contributed by atoms with van der Waals surface area (Å²) in [6.07, 6.45) is -7.83. The van der Waals surface area contributed by atoms with Gasteiger partial charge < -0.3 is 5.32 Å². The normalized spacial score (nSPS) is 18.4. The number of hydrogen-bond acceptors (Lipinski definition) is 2. The Hall–Kier alpha value is -2.22. The predicted octanol–water partition coefficient (Wildman–Crippen LogP) is 6.36. The molecule has 2 aromatic rings. The van der Waals surface area contributed by atoms with Crippen LogP contribution < -0.4 is 5.32 Å². The average Bonchev–Trinajstić information content (AvgIpc) is 2.66. The van der Waals surface area contributed by atoms with Gasteiger partial charge in [-0.2, -0.15) is 26.3 Å². The first-order chi connectivity index (χ1) is 14.0. The molecular formula is C22H24F6N2. The van der Waals surface area contributed by atoms with Crippen molar-refractivity contribution in [1.29, 1.82) is 0 Å². The molecule has 3 rings (SSSR count). The van der Waals surface area contributed by atoms with E-state index in [1.54, 1.807) is 0 Å². The van der Waals surface area contributed by atoms with Gasteiger partial charge in [-0.05, 0) is 68.1 Å². The Kier molecular flexibility index (Phi) is 6.65. The second-order valence-corrected chi connectivity index (χ2v) is 7.90. The number of alkyl halides is 6. The summed E-state index contributed by atoms with van der Waals surface area (Å²) in [6, 6.07) is 9.79. The SMILES string of the molecule is Cc1ccc(NCC2CCCN(Cc3cc(C(F)(F)F)cc(C(F)(F)F)c3)C2)cc1. The fourth-order valence-corrected chi connectivity index (χ4v) is 3.76. The number of anilines is 1. The molecule has 0 saturated carbocycles. The van der Waals surface area contributed by atoms with Crippen molar-refractivity contribution in [3.05, 3.63) is 64.7 Å². The van der Waals surface area contributed by atoms with Crippen molar-refractivity contribution in [3.63, 3.8) is 0 Å². The number of halogens is 6. The summed E-state index contributed by atoms with van der Waals surface area (Å²) < 4.78 is 78.4. The first-order valence-corrected chi connectivity index (χ1v) is 9.82. The van der Waals surface area contributed by atoms with E-state index in [1.165, 1.54) is 0 Å². The molecule has 1 aliphatic heterocycles. The van der Waals surface area contributed by atoms with Gasteiger partial charge in [0.2, 0.25) is 0 Å². The molecule has 1 unspecified atom stereocenters. The first-order valence-electron chi connectivity index (χ1n) is 9.82. The molecule has 1 aliphatic rings. The summed E-state index contributed by atoms with van der Waals surface area (Å²) in [5, 5.41) is 3.36. The standard InChI is InChI=1S/C22H24F6N2/c1-15-4-6-20(7-5-15)29-12-16-3-2-8-30(13-16)14-17-9-18(21(23,24)25)11-19(10-17)22(26,27)28/h4-7,9-11,16,29H,2-3,8,12-14H2,1H3. The van der Waals surface area contributed by atoms with Crippen LogP contribution in [-0.2, 0) is 18.9 Å². The monoisotopic (exact) mass is 430 g/mol. The minimum atomic E-state index is -4.82. The molecule has 0 radical (unpaired) electrons. The van der Waals surface area contributed by atoms with Crippen molar-refractivity contribution >= 4 is 5.69 Å². The number of nitrogens with one attached hydrogen (secondary N) is 1. The third-order valence-corrected chi connectivity index (χ3v) is 5.30. The quantitative estimate of drug-likeness (QED) is 0.556. The summed E-state index contributed by atoms with van der Waals surface area (Å²) >= 11 is 0. The number of rotatable bonds is 5. The zero-order valence-corrected chi connectivity index (χ0v) is 16.6. The van der Waals surface area contributed by atoms with Gasteiger partial charge in [0, 0.05) is 25.3 Å².